The summed E-state index contributed by atoms with van der Waals surface area (Å²) in [6, 6.07) is 5.90. The number of anilines is 1. The summed E-state index contributed by atoms with van der Waals surface area (Å²) in [5, 5.41) is 5.73. The Balaban J connectivity index is 2.11. The van der Waals surface area contributed by atoms with E-state index >= 15 is 0 Å². The number of piperazine rings is 1. The summed E-state index contributed by atoms with van der Waals surface area (Å²) in [5.74, 6) is -0.526. The number of rotatable bonds is 3. The molecule has 1 heterocycles. The minimum Gasteiger partial charge on any atom is -0.353 e. The number of halogens is 1. The third kappa shape index (κ3) is 4.54. The first-order valence-electron chi connectivity index (χ1n) is 6.86. The van der Waals surface area contributed by atoms with Gasteiger partial charge in [0.25, 0.3) is 0 Å². The van der Waals surface area contributed by atoms with Crippen LogP contribution in [0.15, 0.2) is 22.7 Å². The minimum absolute atomic E-state index is 0.0511. The Bertz CT molecular complexity index is 551. The summed E-state index contributed by atoms with van der Waals surface area (Å²) in [4.78, 5) is 24.6. The topological polar surface area (TPSA) is 61.4 Å². The fraction of sp³-hybridized carbons (Fsp3) is 0.467. The molecule has 0 radical (unpaired) electrons. The zero-order valence-electron chi connectivity index (χ0n) is 12.5. The molecule has 2 rings (SSSR count). The van der Waals surface area contributed by atoms with E-state index in [-0.39, 0.29) is 30.4 Å². The van der Waals surface area contributed by atoms with E-state index in [0.29, 0.717) is 0 Å². The van der Waals surface area contributed by atoms with Crippen LogP contribution in [0.1, 0.15) is 26.3 Å². The van der Waals surface area contributed by atoms with Crippen molar-refractivity contribution >= 4 is 33.4 Å². The number of amides is 2. The highest BCUT2D eigenvalue weighted by Gasteiger charge is 2.23. The lowest BCUT2D eigenvalue weighted by atomic mass is 10.1. The van der Waals surface area contributed by atoms with Crippen LogP contribution in [0.5, 0.6) is 0 Å². The van der Waals surface area contributed by atoms with Crippen molar-refractivity contribution in [2.24, 2.45) is 0 Å². The van der Waals surface area contributed by atoms with Crippen LogP contribution in [0.3, 0.4) is 0 Å². The molecule has 2 amide bonds. The predicted molar refractivity (Wildman–Crippen MR) is 86.1 cm³/mol. The highest BCUT2D eigenvalue weighted by atomic mass is 79.9. The molecule has 5 nitrogen and oxygen atoms in total. The van der Waals surface area contributed by atoms with Crippen molar-refractivity contribution in [1.29, 1.82) is 0 Å². The summed E-state index contributed by atoms with van der Waals surface area (Å²) >= 11 is 3.56. The van der Waals surface area contributed by atoms with Crippen molar-refractivity contribution in [3.63, 3.8) is 0 Å². The van der Waals surface area contributed by atoms with E-state index in [9.17, 15) is 9.59 Å². The highest BCUT2D eigenvalue weighted by Crippen LogP contribution is 2.25. The van der Waals surface area contributed by atoms with Gasteiger partial charge in [-0.05, 0) is 38.5 Å². The van der Waals surface area contributed by atoms with Crippen LogP contribution in [0.2, 0.25) is 0 Å². The highest BCUT2D eigenvalue weighted by molar-refractivity contribution is 9.10. The van der Waals surface area contributed by atoms with E-state index in [0.717, 1.165) is 22.3 Å². The minimum atomic E-state index is -0.263. The van der Waals surface area contributed by atoms with Gasteiger partial charge in [0, 0.05) is 22.2 Å². The molecule has 1 aliphatic rings. The van der Waals surface area contributed by atoms with Crippen molar-refractivity contribution in [3.05, 3.63) is 28.2 Å². The summed E-state index contributed by atoms with van der Waals surface area (Å²) in [5.41, 5.74) is 2.06. The van der Waals surface area contributed by atoms with E-state index in [1.165, 1.54) is 0 Å². The summed E-state index contributed by atoms with van der Waals surface area (Å²) in [6.07, 6.45) is 0. The third-order valence-corrected chi connectivity index (χ3v) is 3.90. The molecule has 0 bridgehead atoms. The van der Waals surface area contributed by atoms with Crippen LogP contribution in [0, 0.1) is 0 Å². The molecule has 1 saturated heterocycles. The third-order valence-electron chi connectivity index (χ3n) is 3.16. The maximum atomic E-state index is 11.4. The SMILES string of the molecule is CC(C)(C)NCc1ccc(N2CC(=O)NC(=O)C2)cc1Br. The molecule has 21 heavy (non-hydrogen) atoms. The van der Waals surface area contributed by atoms with Crippen molar-refractivity contribution < 1.29 is 9.59 Å². The van der Waals surface area contributed by atoms with Crippen molar-refractivity contribution in [2.45, 2.75) is 32.9 Å². The first-order valence-corrected chi connectivity index (χ1v) is 7.65. The van der Waals surface area contributed by atoms with Crippen LogP contribution in [-0.4, -0.2) is 30.4 Å². The molecule has 0 aliphatic carbocycles. The van der Waals surface area contributed by atoms with Crippen LogP contribution >= 0.6 is 15.9 Å². The molecule has 0 aromatic heterocycles. The number of hydrogen-bond acceptors (Lipinski definition) is 4. The molecule has 114 valence electrons. The Labute approximate surface area is 133 Å². The van der Waals surface area contributed by atoms with Crippen molar-refractivity contribution in [2.75, 3.05) is 18.0 Å². The van der Waals surface area contributed by atoms with Gasteiger partial charge in [-0.3, -0.25) is 14.9 Å². The largest absolute Gasteiger partial charge is 0.353 e. The molecule has 0 atom stereocenters. The lowest BCUT2D eigenvalue weighted by molar-refractivity contribution is -0.130. The number of nitrogens with zero attached hydrogens (tertiary/aromatic N) is 1. The second kappa shape index (κ2) is 6.15. The number of carbonyl (C=O) groups excluding carboxylic acids is 2. The molecule has 1 aromatic rings. The number of hydrogen-bond donors (Lipinski definition) is 2. The van der Waals surface area contributed by atoms with Gasteiger partial charge in [-0.1, -0.05) is 22.0 Å². The van der Waals surface area contributed by atoms with E-state index in [1.54, 1.807) is 4.90 Å². The fourth-order valence-corrected chi connectivity index (χ4v) is 2.56. The quantitative estimate of drug-likeness (QED) is 0.813. The summed E-state index contributed by atoms with van der Waals surface area (Å²) < 4.78 is 0.968. The zero-order valence-corrected chi connectivity index (χ0v) is 14.1. The summed E-state index contributed by atoms with van der Waals surface area (Å²) in [7, 11) is 0. The molecule has 1 aliphatic heterocycles. The average molecular weight is 354 g/mol. The van der Waals surface area contributed by atoms with E-state index < -0.39 is 0 Å². The first kappa shape index (κ1) is 16.0. The fourth-order valence-electron chi connectivity index (χ4n) is 2.06. The van der Waals surface area contributed by atoms with Crippen LogP contribution < -0.4 is 15.5 Å². The van der Waals surface area contributed by atoms with Gasteiger partial charge >= 0.3 is 0 Å². The Hall–Kier alpha value is -1.40. The number of carbonyl (C=O) groups is 2. The zero-order chi connectivity index (χ0) is 15.6. The smallest absolute Gasteiger partial charge is 0.246 e. The normalized spacial score (nSPS) is 16.1. The van der Waals surface area contributed by atoms with Gasteiger partial charge < -0.3 is 10.2 Å². The maximum Gasteiger partial charge on any atom is 0.246 e. The second-order valence-corrected chi connectivity index (χ2v) is 7.06. The van der Waals surface area contributed by atoms with E-state index in [2.05, 4.69) is 47.3 Å². The molecule has 1 aromatic carbocycles. The molecule has 0 saturated carbocycles. The average Bonchev–Trinajstić information content (AvgIpc) is 2.35. The lowest BCUT2D eigenvalue weighted by Crippen LogP contribution is -2.51. The van der Waals surface area contributed by atoms with Crippen molar-refractivity contribution in [1.82, 2.24) is 10.6 Å². The Kier molecular flexibility index (Phi) is 4.68. The molecule has 0 spiro atoms. The Morgan fingerprint density at radius 3 is 2.38 bits per heavy atom. The van der Waals surface area contributed by atoms with Crippen molar-refractivity contribution in [3.8, 4) is 0 Å². The standard InChI is InChI=1S/C15H20BrN3O2/c1-15(2,3)17-7-10-4-5-11(6-12(10)16)19-8-13(20)18-14(21)9-19/h4-6,17H,7-9H2,1-3H3,(H,18,20,21). The molecule has 6 heteroatoms. The van der Waals surface area contributed by atoms with E-state index in [4.69, 9.17) is 0 Å². The predicted octanol–water partition coefficient (Wildman–Crippen LogP) is 1.80. The maximum absolute atomic E-state index is 11.4. The Morgan fingerprint density at radius 2 is 1.86 bits per heavy atom. The van der Waals surface area contributed by atoms with Crippen LogP contribution in [-0.2, 0) is 16.1 Å². The van der Waals surface area contributed by atoms with Crippen LogP contribution in [0.4, 0.5) is 5.69 Å². The monoisotopic (exact) mass is 353 g/mol. The number of imide groups is 1. The molecule has 2 N–H and O–H groups in total. The van der Waals surface area contributed by atoms with Gasteiger partial charge in [0.05, 0.1) is 13.1 Å². The van der Waals surface area contributed by atoms with Crippen LogP contribution in [0.25, 0.3) is 0 Å². The molecule has 1 fully saturated rings. The molecular weight excluding hydrogens is 334 g/mol. The lowest BCUT2D eigenvalue weighted by Gasteiger charge is -2.28. The number of nitrogens with one attached hydrogen (secondary N) is 2. The van der Waals surface area contributed by atoms with E-state index in [1.807, 2.05) is 18.2 Å². The number of benzene rings is 1. The van der Waals surface area contributed by atoms with Gasteiger partial charge in [0.2, 0.25) is 11.8 Å². The molecule has 0 unspecified atom stereocenters. The summed E-state index contributed by atoms with van der Waals surface area (Å²) in [6.45, 7) is 7.52. The molecular formula is C15H20BrN3O2. The first-order chi connectivity index (χ1) is 9.74. The Morgan fingerprint density at radius 1 is 1.24 bits per heavy atom. The van der Waals surface area contributed by atoms with Gasteiger partial charge in [-0.25, -0.2) is 0 Å². The van der Waals surface area contributed by atoms with Gasteiger partial charge in [-0.2, -0.15) is 0 Å². The van der Waals surface area contributed by atoms with Gasteiger partial charge in [0.1, 0.15) is 0 Å². The van der Waals surface area contributed by atoms with Gasteiger partial charge in [0.15, 0.2) is 0 Å². The van der Waals surface area contributed by atoms with Gasteiger partial charge in [-0.15, -0.1) is 0 Å². The second-order valence-electron chi connectivity index (χ2n) is 6.21.